The number of nitrogens with one attached hydrogen (secondary N) is 1. The summed E-state index contributed by atoms with van der Waals surface area (Å²) in [5.41, 5.74) is 2.62. The van der Waals surface area contributed by atoms with E-state index in [1.54, 1.807) is 13.1 Å². The van der Waals surface area contributed by atoms with Crippen molar-refractivity contribution in [2.24, 2.45) is 5.41 Å². The second-order valence-electron chi connectivity index (χ2n) is 4.65. The highest BCUT2D eigenvalue weighted by atomic mass is 32.1. The number of amides is 1. The third-order valence-electron chi connectivity index (χ3n) is 1.91. The third-order valence-corrected chi connectivity index (χ3v) is 2.86. The topological polar surface area (TPSA) is 52.6 Å². The van der Waals surface area contributed by atoms with Gasteiger partial charge in [-0.1, -0.05) is 11.8 Å². The summed E-state index contributed by atoms with van der Waals surface area (Å²) < 4.78 is 0. The van der Waals surface area contributed by atoms with Gasteiger partial charge in [-0.25, -0.2) is 0 Å². The van der Waals surface area contributed by atoms with Crippen molar-refractivity contribution >= 4 is 28.4 Å². The number of hydrogen-bond donors (Lipinski definition) is 2. The van der Waals surface area contributed by atoms with Crippen molar-refractivity contribution in [1.29, 1.82) is 0 Å². The van der Waals surface area contributed by atoms with Crippen LogP contribution in [0.1, 0.15) is 25.6 Å². The molecule has 1 heterocycles. The van der Waals surface area contributed by atoms with Crippen molar-refractivity contribution in [2.45, 2.75) is 20.8 Å². The molecule has 0 aliphatic rings. The largest absolute Gasteiger partial charge is 0.315 e. The van der Waals surface area contributed by atoms with Crippen molar-refractivity contribution in [3.63, 3.8) is 0 Å². The van der Waals surface area contributed by atoms with Crippen molar-refractivity contribution in [2.75, 3.05) is 17.4 Å². The molecule has 0 saturated carbocycles. The minimum Gasteiger partial charge on any atom is -0.315 e. The Balaban J connectivity index is 3.08. The summed E-state index contributed by atoms with van der Waals surface area (Å²) in [6, 6.07) is 1.77. The van der Waals surface area contributed by atoms with E-state index in [0.717, 1.165) is 4.88 Å². The van der Waals surface area contributed by atoms with Crippen LogP contribution < -0.4 is 10.4 Å². The molecule has 0 fully saturated rings. The van der Waals surface area contributed by atoms with Gasteiger partial charge in [0.1, 0.15) is 5.00 Å². The smallest absolute Gasteiger partial charge is 0.213 e. The molecular weight excluding hydrogens is 236 g/mol. The van der Waals surface area contributed by atoms with Gasteiger partial charge in [-0.15, -0.1) is 11.3 Å². The number of nitrogens with zero attached hydrogens (tertiary/aromatic N) is 1. The molecule has 0 aromatic carbocycles. The van der Waals surface area contributed by atoms with Gasteiger partial charge in [-0.3, -0.25) is 15.5 Å². The zero-order chi connectivity index (χ0) is 13.1. The van der Waals surface area contributed by atoms with E-state index in [2.05, 4.69) is 17.3 Å². The summed E-state index contributed by atoms with van der Waals surface area (Å²) in [6.07, 6.45) is 0.684. The number of carbonyl (C=O) groups excluding carboxylic acids is 1. The predicted octanol–water partition coefficient (Wildman–Crippen LogP) is 2.54. The van der Waals surface area contributed by atoms with Gasteiger partial charge in [0.15, 0.2) is 0 Å². The highest BCUT2D eigenvalue weighted by Crippen LogP contribution is 2.33. The monoisotopic (exact) mass is 252 g/mol. The Morgan fingerprint density at radius 1 is 1.53 bits per heavy atom. The van der Waals surface area contributed by atoms with Crippen molar-refractivity contribution in [1.82, 2.24) is 0 Å². The first-order valence-corrected chi connectivity index (χ1v) is 5.94. The highest BCUT2D eigenvalue weighted by molar-refractivity contribution is 7.17. The van der Waals surface area contributed by atoms with Gasteiger partial charge in [0.25, 0.3) is 0 Å². The fourth-order valence-corrected chi connectivity index (χ4v) is 1.94. The summed E-state index contributed by atoms with van der Waals surface area (Å²) in [6.45, 7) is 6.08. The fourth-order valence-electron chi connectivity index (χ4n) is 1.09. The van der Waals surface area contributed by atoms with Crippen LogP contribution in [0.4, 0.5) is 10.7 Å². The first kappa shape index (κ1) is 13.6. The molecule has 1 amide bonds. The van der Waals surface area contributed by atoms with E-state index in [1.165, 1.54) is 16.2 Å². The van der Waals surface area contributed by atoms with Crippen molar-refractivity contribution in [3.05, 3.63) is 10.9 Å². The summed E-state index contributed by atoms with van der Waals surface area (Å²) in [7, 11) is 1.62. The normalized spacial score (nSPS) is 10.4. The van der Waals surface area contributed by atoms with Crippen LogP contribution in [0.5, 0.6) is 0 Å². The minimum atomic E-state index is -0.0759. The van der Waals surface area contributed by atoms with Crippen LogP contribution in [0, 0.1) is 17.3 Å². The third kappa shape index (κ3) is 3.77. The number of hydrogen-bond acceptors (Lipinski definition) is 4. The SMILES string of the molecule is CN(C=O)c1cc(C#CC(C)(C)C)sc1NO. The number of anilines is 2. The number of rotatable bonds is 3. The number of thiophene rings is 1. The molecule has 1 rings (SSSR count). The zero-order valence-electron chi connectivity index (χ0n) is 10.4. The van der Waals surface area contributed by atoms with Crippen LogP contribution in [-0.2, 0) is 4.79 Å². The molecule has 4 nitrogen and oxygen atoms in total. The highest BCUT2D eigenvalue weighted by Gasteiger charge is 2.11. The zero-order valence-corrected chi connectivity index (χ0v) is 11.2. The Morgan fingerprint density at radius 2 is 2.18 bits per heavy atom. The van der Waals surface area contributed by atoms with Gasteiger partial charge in [-0.2, -0.15) is 0 Å². The standard InChI is InChI=1S/C12H16N2O2S/c1-12(2,3)6-5-9-7-10(14(4)8-15)11(13-16)17-9/h7-8,13,16H,1-4H3. The van der Waals surface area contributed by atoms with Crippen LogP contribution in [0.15, 0.2) is 6.07 Å². The van der Waals surface area contributed by atoms with Crippen molar-refractivity contribution < 1.29 is 10.0 Å². The Bertz CT molecular complexity index is 463. The molecule has 0 spiro atoms. The van der Waals surface area contributed by atoms with Crippen LogP contribution in [0.2, 0.25) is 0 Å². The van der Waals surface area contributed by atoms with E-state index in [1.807, 2.05) is 20.8 Å². The minimum absolute atomic E-state index is 0.0759. The van der Waals surface area contributed by atoms with Gasteiger partial charge in [0, 0.05) is 12.5 Å². The summed E-state index contributed by atoms with van der Waals surface area (Å²) in [5.74, 6) is 6.14. The lowest BCUT2D eigenvalue weighted by atomic mass is 9.98. The second kappa shape index (κ2) is 5.21. The van der Waals surface area contributed by atoms with E-state index in [0.29, 0.717) is 17.1 Å². The summed E-state index contributed by atoms with van der Waals surface area (Å²) in [4.78, 5) is 12.9. The Morgan fingerprint density at radius 3 is 2.65 bits per heavy atom. The van der Waals surface area contributed by atoms with Gasteiger partial charge >= 0.3 is 0 Å². The maximum absolute atomic E-state index is 10.7. The van der Waals surface area contributed by atoms with Gasteiger partial charge in [-0.05, 0) is 26.8 Å². The lowest BCUT2D eigenvalue weighted by Gasteiger charge is -2.09. The van der Waals surface area contributed by atoms with E-state index in [4.69, 9.17) is 5.21 Å². The van der Waals surface area contributed by atoms with Crippen LogP contribution in [-0.4, -0.2) is 18.7 Å². The molecule has 0 radical (unpaired) electrons. The first-order chi connectivity index (χ1) is 7.87. The molecule has 1 aromatic heterocycles. The molecule has 17 heavy (non-hydrogen) atoms. The molecule has 5 heteroatoms. The van der Waals surface area contributed by atoms with Gasteiger partial charge in [0.2, 0.25) is 6.41 Å². The van der Waals surface area contributed by atoms with Gasteiger partial charge in [0.05, 0.1) is 10.6 Å². The Kier molecular flexibility index (Phi) is 4.16. The second-order valence-corrected chi connectivity index (χ2v) is 5.71. The Labute approximate surface area is 105 Å². The molecule has 2 N–H and O–H groups in total. The maximum Gasteiger partial charge on any atom is 0.213 e. The van der Waals surface area contributed by atoms with Gasteiger partial charge < -0.3 is 4.90 Å². The van der Waals surface area contributed by atoms with E-state index < -0.39 is 0 Å². The molecular formula is C12H16N2O2S. The molecule has 0 unspecified atom stereocenters. The van der Waals surface area contributed by atoms with Crippen LogP contribution in [0.3, 0.4) is 0 Å². The predicted molar refractivity (Wildman–Crippen MR) is 70.5 cm³/mol. The average molecular weight is 252 g/mol. The molecule has 0 aliphatic heterocycles. The first-order valence-electron chi connectivity index (χ1n) is 5.12. The summed E-state index contributed by atoms with van der Waals surface area (Å²) in [5, 5.41) is 9.49. The van der Waals surface area contributed by atoms with E-state index in [-0.39, 0.29) is 5.41 Å². The quantitative estimate of drug-likeness (QED) is 0.494. The molecule has 0 bridgehead atoms. The number of carbonyl (C=O) groups is 1. The molecule has 92 valence electrons. The molecule has 0 aliphatic carbocycles. The Hall–Kier alpha value is -1.51. The van der Waals surface area contributed by atoms with Crippen LogP contribution >= 0.6 is 11.3 Å². The summed E-state index contributed by atoms with van der Waals surface area (Å²) >= 11 is 1.31. The lowest BCUT2D eigenvalue weighted by molar-refractivity contribution is -0.107. The van der Waals surface area contributed by atoms with E-state index in [9.17, 15) is 4.79 Å². The van der Waals surface area contributed by atoms with E-state index >= 15 is 0 Å². The molecule has 0 atom stereocenters. The lowest BCUT2D eigenvalue weighted by Crippen LogP contribution is -2.13. The molecule has 1 aromatic rings. The van der Waals surface area contributed by atoms with Crippen molar-refractivity contribution in [3.8, 4) is 11.8 Å². The average Bonchev–Trinajstić information content (AvgIpc) is 2.67. The van der Waals surface area contributed by atoms with Crippen LogP contribution in [0.25, 0.3) is 0 Å². The molecule has 0 saturated heterocycles. The fraction of sp³-hybridized carbons (Fsp3) is 0.417. The maximum atomic E-state index is 10.7.